The molecule has 0 unspecified atom stereocenters. The van der Waals surface area contributed by atoms with Crippen molar-refractivity contribution in [3.05, 3.63) is 52.6 Å². The number of hydrogen-bond acceptors (Lipinski definition) is 5. The summed E-state index contributed by atoms with van der Waals surface area (Å²) in [5.41, 5.74) is 2.46. The van der Waals surface area contributed by atoms with Crippen molar-refractivity contribution in [3.63, 3.8) is 0 Å². The van der Waals surface area contributed by atoms with Crippen LogP contribution in [0.4, 0.5) is 11.4 Å². The van der Waals surface area contributed by atoms with E-state index in [1.54, 1.807) is 12.1 Å². The fourth-order valence-corrected chi connectivity index (χ4v) is 2.24. The highest BCUT2D eigenvalue weighted by Gasteiger charge is 2.18. The van der Waals surface area contributed by atoms with Crippen molar-refractivity contribution < 1.29 is 9.34 Å². The lowest BCUT2D eigenvalue weighted by molar-refractivity contribution is -0.383. The normalized spacial score (nSPS) is 11.0. The number of benzene rings is 2. The van der Waals surface area contributed by atoms with Crippen LogP contribution in [0.1, 0.15) is 13.8 Å². The van der Waals surface area contributed by atoms with Gasteiger partial charge >= 0.3 is 0 Å². The number of nitrogens with zero attached hydrogens (tertiary/aromatic N) is 2. The SMILES string of the molecule is CC(C)Nc1ccc(-c2nc3ccccc3o2)cc1[N+](=O)[O-]. The van der Waals surface area contributed by atoms with Gasteiger partial charge in [-0.2, -0.15) is 0 Å². The Kier molecular flexibility index (Phi) is 3.50. The molecule has 3 aromatic rings. The Morgan fingerprint density at radius 1 is 1.23 bits per heavy atom. The van der Waals surface area contributed by atoms with Crippen molar-refractivity contribution in [1.29, 1.82) is 0 Å². The summed E-state index contributed by atoms with van der Waals surface area (Å²) < 4.78 is 5.66. The molecule has 0 spiro atoms. The molecule has 6 nitrogen and oxygen atoms in total. The number of aromatic nitrogens is 1. The fourth-order valence-electron chi connectivity index (χ4n) is 2.24. The third-order valence-electron chi connectivity index (χ3n) is 3.18. The van der Waals surface area contributed by atoms with Crippen LogP contribution in [0.15, 0.2) is 46.9 Å². The van der Waals surface area contributed by atoms with E-state index in [2.05, 4.69) is 10.3 Å². The molecule has 0 aliphatic heterocycles. The van der Waals surface area contributed by atoms with Gasteiger partial charge in [0.1, 0.15) is 11.2 Å². The van der Waals surface area contributed by atoms with Crippen LogP contribution in [0.2, 0.25) is 0 Å². The van der Waals surface area contributed by atoms with Crippen molar-refractivity contribution >= 4 is 22.5 Å². The van der Waals surface area contributed by atoms with Gasteiger partial charge < -0.3 is 9.73 Å². The zero-order valence-corrected chi connectivity index (χ0v) is 12.2. The number of hydrogen-bond donors (Lipinski definition) is 1. The maximum Gasteiger partial charge on any atom is 0.293 e. The van der Waals surface area contributed by atoms with Crippen molar-refractivity contribution in [2.75, 3.05) is 5.32 Å². The number of nitrogens with one attached hydrogen (secondary N) is 1. The van der Waals surface area contributed by atoms with Crippen LogP contribution in [0.25, 0.3) is 22.6 Å². The van der Waals surface area contributed by atoms with Gasteiger partial charge in [0.15, 0.2) is 5.58 Å². The lowest BCUT2D eigenvalue weighted by Gasteiger charge is -2.10. The highest BCUT2D eigenvalue weighted by molar-refractivity contribution is 5.77. The molecule has 0 saturated carbocycles. The molecule has 0 atom stereocenters. The summed E-state index contributed by atoms with van der Waals surface area (Å²) >= 11 is 0. The number of fused-ring (bicyclic) bond motifs is 1. The largest absolute Gasteiger partial charge is 0.436 e. The Bertz CT molecular complexity index is 807. The standard InChI is InChI=1S/C16H15N3O3/c1-10(2)17-12-8-7-11(9-14(12)19(20)21)16-18-13-5-3-4-6-15(13)22-16/h3-10,17H,1-2H3. The van der Waals surface area contributed by atoms with Gasteiger partial charge in [0.05, 0.1) is 4.92 Å². The minimum atomic E-state index is -0.406. The minimum absolute atomic E-state index is 0.00783. The van der Waals surface area contributed by atoms with E-state index < -0.39 is 4.92 Å². The first-order valence-corrected chi connectivity index (χ1v) is 6.95. The third kappa shape index (κ3) is 2.63. The lowest BCUT2D eigenvalue weighted by Crippen LogP contribution is -2.11. The number of anilines is 1. The molecule has 0 bridgehead atoms. The van der Waals surface area contributed by atoms with Crippen molar-refractivity contribution in [3.8, 4) is 11.5 Å². The molecule has 22 heavy (non-hydrogen) atoms. The Hall–Kier alpha value is -2.89. The molecule has 2 aromatic carbocycles. The molecule has 1 heterocycles. The van der Waals surface area contributed by atoms with Crippen molar-refractivity contribution in [2.24, 2.45) is 0 Å². The molecular weight excluding hydrogens is 282 g/mol. The lowest BCUT2D eigenvalue weighted by atomic mass is 10.1. The second-order valence-electron chi connectivity index (χ2n) is 5.27. The molecule has 6 heteroatoms. The van der Waals surface area contributed by atoms with Crippen LogP contribution in [-0.4, -0.2) is 15.9 Å². The van der Waals surface area contributed by atoms with Crippen LogP contribution in [0.5, 0.6) is 0 Å². The number of nitro groups is 1. The molecule has 0 saturated heterocycles. The summed E-state index contributed by atoms with van der Waals surface area (Å²) in [5.74, 6) is 0.375. The van der Waals surface area contributed by atoms with Gasteiger partial charge in [-0.1, -0.05) is 12.1 Å². The highest BCUT2D eigenvalue weighted by Crippen LogP contribution is 2.32. The first-order chi connectivity index (χ1) is 10.5. The average molecular weight is 297 g/mol. The second-order valence-corrected chi connectivity index (χ2v) is 5.27. The van der Waals surface area contributed by atoms with Gasteiger partial charge in [-0.3, -0.25) is 10.1 Å². The summed E-state index contributed by atoms with van der Waals surface area (Å²) in [6.45, 7) is 3.86. The molecule has 0 aliphatic rings. The predicted molar refractivity (Wildman–Crippen MR) is 84.9 cm³/mol. The molecule has 112 valence electrons. The number of para-hydroxylation sites is 2. The molecule has 3 rings (SSSR count). The van der Waals surface area contributed by atoms with E-state index in [-0.39, 0.29) is 11.7 Å². The average Bonchev–Trinajstić information content (AvgIpc) is 2.90. The summed E-state index contributed by atoms with van der Waals surface area (Å²) in [7, 11) is 0. The van der Waals surface area contributed by atoms with Gasteiger partial charge in [-0.25, -0.2) is 4.98 Å². The molecule has 1 aromatic heterocycles. The zero-order valence-electron chi connectivity index (χ0n) is 12.2. The second kappa shape index (κ2) is 5.48. The van der Waals surface area contributed by atoms with Gasteiger partial charge in [-0.15, -0.1) is 0 Å². The van der Waals surface area contributed by atoms with Gasteiger partial charge in [0.25, 0.3) is 5.69 Å². The van der Waals surface area contributed by atoms with Crippen molar-refractivity contribution in [2.45, 2.75) is 19.9 Å². The monoisotopic (exact) mass is 297 g/mol. The van der Waals surface area contributed by atoms with Gasteiger partial charge in [0.2, 0.25) is 5.89 Å². The fraction of sp³-hybridized carbons (Fsp3) is 0.188. The highest BCUT2D eigenvalue weighted by atomic mass is 16.6. The molecule has 0 radical (unpaired) electrons. The molecule has 0 amide bonds. The van der Waals surface area contributed by atoms with E-state index in [1.807, 2.05) is 38.1 Å². The first-order valence-electron chi connectivity index (χ1n) is 6.95. The van der Waals surface area contributed by atoms with E-state index in [4.69, 9.17) is 4.42 Å². The predicted octanol–water partition coefficient (Wildman–Crippen LogP) is 4.22. The van der Waals surface area contributed by atoms with E-state index in [1.165, 1.54) is 6.07 Å². The van der Waals surface area contributed by atoms with E-state index in [9.17, 15) is 10.1 Å². The summed E-state index contributed by atoms with van der Waals surface area (Å²) in [6, 6.07) is 12.4. The number of oxazole rings is 1. The molecular formula is C16H15N3O3. The molecule has 1 N–H and O–H groups in total. The van der Waals surface area contributed by atoms with Crippen LogP contribution in [-0.2, 0) is 0 Å². The quantitative estimate of drug-likeness (QED) is 0.576. The van der Waals surface area contributed by atoms with Gasteiger partial charge in [-0.05, 0) is 38.1 Å². The number of rotatable bonds is 4. The summed E-state index contributed by atoms with van der Waals surface area (Å²) in [4.78, 5) is 15.2. The maximum absolute atomic E-state index is 11.3. The van der Waals surface area contributed by atoms with E-state index >= 15 is 0 Å². The maximum atomic E-state index is 11.3. The Morgan fingerprint density at radius 2 is 2.00 bits per heavy atom. The Labute approximate surface area is 126 Å². The molecule has 0 fully saturated rings. The zero-order chi connectivity index (χ0) is 15.7. The molecule has 0 aliphatic carbocycles. The van der Waals surface area contributed by atoms with Crippen LogP contribution >= 0.6 is 0 Å². The topological polar surface area (TPSA) is 81.2 Å². The first kappa shape index (κ1) is 14.1. The summed E-state index contributed by atoms with van der Waals surface area (Å²) in [5, 5.41) is 14.3. The summed E-state index contributed by atoms with van der Waals surface area (Å²) in [6.07, 6.45) is 0. The van der Waals surface area contributed by atoms with E-state index in [0.29, 0.717) is 22.7 Å². The van der Waals surface area contributed by atoms with Crippen LogP contribution in [0.3, 0.4) is 0 Å². The van der Waals surface area contributed by atoms with Crippen molar-refractivity contribution in [1.82, 2.24) is 4.98 Å². The number of nitro benzene ring substituents is 1. The third-order valence-corrected chi connectivity index (χ3v) is 3.18. The Balaban J connectivity index is 2.07. The van der Waals surface area contributed by atoms with E-state index in [0.717, 1.165) is 5.52 Å². The Morgan fingerprint density at radius 3 is 2.68 bits per heavy atom. The minimum Gasteiger partial charge on any atom is -0.436 e. The smallest absolute Gasteiger partial charge is 0.293 e. The van der Waals surface area contributed by atoms with Crippen LogP contribution < -0.4 is 5.32 Å². The van der Waals surface area contributed by atoms with Gasteiger partial charge in [0, 0.05) is 17.7 Å². The van der Waals surface area contributed by atoms with Crippen LogP contribution in [0, 0.1) is 10.1 Å².